The van der Waals surface area contributed by atoms with E-state index in [0.717, 1.165) is 12.1 Å². The lowest BCUT2D eigenvalue weighted by molar-refractivity contribution is 0.365. The molecule has 2 heterocycles. The van der Waals surface area contributed by atoms with Gasteiger partial charge in [0.05, 0.1) is 11.6 Å². The quantitative estimate of drug-likeness (QED) is 0.780. The lowest BCUT2D eigenvalue weighted by Crippen LogP contribution is -2.33. The van der Waals surface area contributed by atoms with Crippen LogP contribution in [-0.4, -0.2) is 20.8 Å². The fourth-order valence-corrected chi connectivity index (χ4v) is 2.50. The summed E-state index contributed by atoms with van der Waals surface area (Å²) in [7, 11) is 0. The van der Waals surface area contributed by atoms with Crippen LogP contribution in [0.25, 0.3) is 10.9 Å². The Morgan fingerprint density at radius 1 is 1.10 bits per heavy atom. The van der Waals surface area contributed by atoms with E-state index in [2.05, 4.69) is 53.5 Å². The normalized spacial score (nSPS) is 14.2. The van der Waals surface area contributed by atoms with Crippen molar-refractivity contribution in [1.82, 2.24) is 20.1 Å². The van der Waals surface area contributed by atoms with Crippen LogP contribution >= 0.6 is 0 Å². The van der Waals surface area contributed by atoms with E-state index < -0.39 is 0 Å². The summed E-state index contributed by atoms with van der Waals surface area (Å²) in [5, 5.41) is 9.07. The van der Waals surface area contributed by atoms with Crippen molar-refractivity contribution < 1.29 is 0 Å². The Morgan fingerprint density at radius 3 is 2.76 bits per heavy atom. The Morgan fingerprint density at radius 2 is 1.95 bits per heavy atom. The van der Waals surface area contributed by atoms with Gasteiger partial charge < -0.3 is 5.32 Å². The predicted molar refractivity (Wildman–Crippen MR) is 85.0 cm³/mol. The Hall–Kier alpha value is -2.20. The van der Waals surface area contributed by atoms with Crippen molar-refractivity contribution in [1.29, 1.82) is 0 Å². The van der Waals surface area contributed by atoms with E-state index in [0.29, 0.717) is 12.1 Å². The van der Waals surface area contributed by atoms with Crippen molar-refractivity contribution in [2.75, 3.05) is 0 Å². The van der Waals surface area contributed by atoms with Crippen LogP contribution in [-0.2, 0) is 6.54 Å². The van der Waals surface area contributed by atoms with Crippen molar-refractivity contribution >= 4 is 10.9 Å². The largest absolute Gasteiger partial charge is 0.308 e. The van der Waals surface area contributed by atoms with Gasteiger partial charge in [0.1, 0.15) is 0 Å². The Labute approximate surface area is 124 Å². The summed E-state index contributed by atoms with van der Waals surface area (Å²) in [5.74, 6) is 0. The molecular formula is C17H20N4. The molecule has 0 fully saturated rings. The lowest BCUT2D eigenvalue weighted by atomic mass is 10.1. The molecule has 0 bridgehead atoms. The van der Waals surface area contributed by atoms with Crippen LogP contribution in [0.1, 0.15) is 25.5 Å². The number of nitrogens with one attached hydrogen (secondary N) is 1. The van der Waals surface area contributed by atoms with Crippen LogP contribution in [0, 0.1) is 0 Å². The van der Waals surface area contributed by atoms with E-state index in [4.69, 9.17) is 0 Å². The second-order valence-electron chi connectivity index (χ2n) is 5.39. The topological polar surface area (TPSA) is 42.7 Å². The molecule has 2 atom stereocenters. The summed E-state index contributed by atoms with van der Waals surface area (Å²) in [6.45, 7) is 5.16. The van der Waals surface area contributed by atoms with Gasteiger partial charge in [0.2, 0.25) is 0 Å². The van der Waals surface area contributed by atoms with Crippen LogP contribution in [0.15, 0.2) is 55.0 Å². The van der Waals surface area contributed by atoms with Gasteiger partial charge >= 0.3 is 0 Å². The van der Waals surface area contributed by atoms with Gasteiger partial charge in [-0.2, -0.15) is 5.10 Å². The van der Waals surface area contributed by atoms with Crippen LogP contribution in [0.5, 0.6) is 0 Å². The number of hydrogen-bond donors (Lipinski definition) is 1. The molecule has 108 valence electrons. The second kappa shape index (κ2) is 6.06. The lowest BCUT2D eigenvalue weighted by Gasteiger charge is -2.22. The van der Waals surface area contributed by atoms with Gasteiger partial charge in [0.15, 0.2) is 0 Å². The molecule has 3 aromatic rings. The van der Waals surface area contributed by atoms with E-state index >= 15 is 0 Å². The first-order valence-corrected chi connectivity index (χ1v) is 7.31. The van der Waals surface area contributed by atoms with Gasteiger partial charge in [-0.05, 0) is 31.5 Å². The van der Waals surface area contributed by atoms with Gasteiger partial charge in [0, 0.05) is 36.6 Å². The third-order valence-electron chi connectivity index (χ3n) is 4.00. The van der Waals surface area contributed by atoms with E-state index in [-0.39, 0.29) is 0 Å². The third kappa shape index (κ3) is 2.95. The summed E-state index contributed by atoms with van der Waals surface area (Å²) in [4.78, 5) is 4.50. The molecule has 4 nitrogen and oxygen atoms in total. The number of fused-ring (bicyclic) bond motifs is 1. The van der Waals surface area contributed by atoms with Crippen molar-refractivity contribution in [3.8, 4) is 0 Å². The van der Waals surface area contributed by atoms with Gasteiger partial charge in [-0.3, -0.25) is 9.67 Å². The van der Waals surface area contributed by atoms with E-state index in [1.807, 2.05) is 35.4 Å². The number of benzene rings is 1. The summed E-state index contributed by atoms with van der Waals surface area (Å²) in [5.41, 5.74) is 2.30. The van der Waals surface area contributed by atoms with Crippen LogP contribution in [0.2, 0.25) is 0 Å². The average Bonchev–Trinajstić information content (AvgIpc) is 3.06. The van der Waals surface area contributed by atoms with Gasteiger partial charge in [0.25, 0.3) is 0 Å². The third-order valence-corrected chi connectivity index (χ3v) is 4.00. The molecule has 4 heteroatoms. The highest BCUT2D eigenvalue weighted by molar-refractivity contribution is 5.81. The van der Waals surface area contributed by atoms with Crippen LogP contribution in [0.3, 0.4) is 0 Å². The minimum atomic E-state index is 0.308. The second-order valence-corrected chi connectivity index (χ2v) is 5.39. The molecule has 0 saturated carbocycles. The Balaban J connectivity index is 1.72. The zero-order chi connectivity index (χ0) is 14.7. The van der Waals surface area contributed by atoms with Crippen molar-refractivity contribution in [2.45, 2.75) is 32.5 Å². The molecule has 0 radical (unpaired) electrons. The minimum Gasteiger partial charge on any atom is -0.308 e. The maximum Gasteiger partial charge on any atom is 0.0746 e. The van der Waals surface area contributed by atoms with E-state index in [9.17, 15) is 0 Å². The molecule has 0 amide bonds. The summed E-state index contributed by atoms with van der Waals surface area (Å²) < 4.78 is 1.99. The monoisotopic (exact) mass is 280 g/mol. The zero-order valence-electron chi connectivity index (χ0n) is 12.4. The fraction of sp³-hybridized carbons (Fsp3) is 0.294. The molecule has 0 spiro atoms. The molecular weight excluding hydrogens is 260 g/mol. The number of rotatable bonds is 5. The molecule has 3 rings (SSSR count). The maximum absolute atomic E-state index is 4.50. The van der Waals surface area contributed by atoms with Crippen molar-refractivity contribution in [3.63, 3.8) is 0 Å². The number of pyridine rings is 1. The molecule has 1 aromatic carbocycles. The molecule has 0 saturated heterocycles. The first kappa shape index (κ1) is 13.8. The Kier molecular flexibility index (Phi) is 3.97. The highest BCUT2D eigenvalue weighted by Crippen LogP contribution is 2.17. The summed E-state index contributed by atoms with van der Waals surface area (Å²) >= 11 is 0. The molecule has 0 aliphatic heterocycles. The highest BCUT2D eigenvalue weighted by Gasteiger charge is 2.14. The first-order valence-electron chi connectivity index (χ1n) is 7.31. The van der Waals surface area contributed by atoms with E-state index in [1.54, 1.807) is 0 Å². The molecule has 0 aliphatic carbocycles. The maximum atomic E-state index is 4.50. The zero-order valence-corrected chi connectivity index (χ0v) is 12.4. The van der Waals surface area contributed by atoms with Crippen LogP contribution in [0.4, 0.5) is 0 Å². The minimum absolute atomic E-state index is 0.308. The van der Waals surface area contributed by atoms with Crippen molar-refractivity contribution in [3.05, 3.63) is 60.6 Å². The SMILES string of the molecule is C[C@@H](NCc1cccc2cccnc12)[C@H](C)n1cccn1. The van der Waals surface area contributed by atoms with E-state index in [1.165, 1.54) is 10.9 Å². The predicted octanol–water partition coefficient (Wildman–Crippen LogP) is 3.17. The first-order chi connectivity index (χ1) is 10.3. The van der Waals surface area contributed by atoms with Gasteiger partial charge in [-0.15, -0.1) is 0 Å². The standard InChI is InChI=1S/C17H20N4/c1-13(14(2)21-11-5-10-20-21)19-12-16-7-3-6-15-8-4-9-18-17(15)16/h3-11,13-14,19H,12H2,1-2H3/t13-,14+/m1/s1. The molecule has 21 heavy (non-hydrogen) atoms. The number of hydrogen-bond acceptors (Lipinski definition) is 3. The van der Waals surface area contributed by atoms with Crippen molar-refractivity contribution in [2.24, 2.45) is 0 Å². The highest BCUT2D eigenvalue weighted by atomic mass is 15.3. The average molecular weight is 280 g/mol. The number of aromatic nitrogens is 3. The molecule has 0 unspecified atom stereocenters. The molecule has 0 aliphatic rings. The number of para-hydroxylation sites is 1. The summed E-state index contributed by atoms with van der Waals surface area (Å²) in [6, 6.07) is 13.0. The van der Waals surface area contributed by atoms with Gasteiger partial charge in [-0.25, -0.2) is 0 Å². The number of nitrogens with zero attached hydrogens (tertiary/aromatic N) is 3. The molecule has 1 N–H and O–H groups in total. The van der Waals surface area contributed by atoms with Gasteiger partial charge in [-0.1, -0.05) is 24.3 Å². The van der Waals surface area contributed by atoms with Crippen LogP contribution < -0.4 is 5.32 Å². The fourth-order valence-electron chi connectivity index (χ4n) is 2.50. The molecule has 2 aromatic heterocycles. The summed E-state index contributed by atoms with van der Waals surface area (Å²) in [6.07, 6.45) is 5.67. The Bertz CT molecular complexity index is 700. The smallest absolute Gasteiger partial charge is 0.0746 e.